The molecule has 1 aromatic heterocycles. The van der Waals surface area contributed by atoms with Crippen LogP contribution in [0.2, 0.25) is 0 Å². The molecule has 26 heavy (non-hydrogen) atoms. The highest BCUT2D eigenvalue weighted by atomic mass is 32.1. The molecule has 0 aliphatic heterocycles. The third-order valence-electron chi connectivity index (χ3n) is 6.57. The monoisotopic (exact) mass is 368 g/mol. The zero-order valence-corrected chi connectivity index (χ0v) is 15.6. The lowest BCUT2D eigenvalue weighted by Gasteiger charge is -2.56. The number of thiazole rings is 1. The van der Waals surface area contributed by atoms with Crippen molar-refractivity contribution in [2.24, 2.45) is 17.8 Å². The van der Waals surface area contributed by atoms with Crippen molar-refractivity contribution in [3.63, 3.8) is 0 Å². The van der Waals surface area contributed by atoms with Crippen LogP contribution in [0.1, 0.15) is 54.6 Å². The lowest BCUT2D eigenvalue weighted by atomic mass is 9.53. The number of rotatable bonds is 4. The SMILES string of the molecule is O=C(NC12CC3CC(CC(C3)C1)C2)c1csc(-c2ccccc2CO)n1. The number of aliphatic hydroxyl groups excluding tert-OH is 1. The zero-order chi connectivity index (χ0) is 17.7. The molecular weight excluding hydrogens is 344 g/mol. The molecule has 0 saturated heterocycles. The second-order valence-corrected chi connectivity index (χ2v) is 9.36. The van der Waals surface area contributed by atoms with Crippen molar-refractivity contribution in [2.45, 2.75) is 50.7 Å². The summed E-state index contributed by atoms with van der Waals surface area (Å²) in [6, 6.07) is 7.69. The Balaban J connectivity index is 1.36. The van der Waals surface area contributed by atoms with Gasteiger partial charge in [-0.2, -0.15) is 0 Å². The van der Waals surface area contributed by atoms with Crippen molar-refractivity contribution in [3.05, 3.63) is 40.9 Å². The largest absolute Gasteiger partial charge is 0.392 e. The Morgan fingerprint density at radius 1 is 1.15 bits per heavy atom. The molecule has 4 aliphatic rings. The summed E-state index contributed by atoms with van der Waals surface area (Å²) in [4.78, 5) is 17.5. The maximum atomic E-state index is 12.9. The number of nitrogens with one attached hydrogen (secondary N) is 1. The predicted octanol–water partition coefficient (Wildman–Crippen LogP) is 4.00. The van der Waals surface area contributed by atoms with Crippen molar-refractivity contribution < 1.29 is 9.90 Å². The van der Waals surface area contributed by atoms with Crippen molar-refractivity contribution in [3.8, 4) is 10.6 Å². The maximum Gasteiger partial charge on any atom is 0.271 e. The standard InChI is InChI=1S/C21H24N2O2S/c24-11-16-3-1-2-4-17(16)20-22-18(12-26-20)19(25)23-21-8-13-5-14(9-21)7-15(6-13)10-21/h1-4,12-15,24H,5-11H2,(H,23,25). The van der Waals surface area contributed by atoms with E-state index in [1.165, 1.54) is 30.6 Å². The fourth-order valence-corrected chi connectivity index (χ4v) is 6.80. The van der Waals surface area contributed by atoms with Crippen LogP contribution in [-0.4, -0.2) is 21.5 Å². The second kappa shape index (κ2) is 6.17. The summed E-state index contributed by atoms with van der Waals surface area (Å²) in [6.07, 6.45) is 7.55. The van der Waals surface area contributed by atoms with Gasteiger partial charge in [0.15, 0.2) is 0 Å². The Hall–Kier alpha value is -1.72. The van der Waals surface area contributed by atoms with E-state index in [2.05, 4.69) is 10.3 Å². The molecular formula is C21H24N2O2S. The van der Waals surface area contributed by atoms with Crippen LogP contribution in [0.15, 0.2) is 29.6 Å². The van der Waals surface area contributed by atoms with Crippen LogP contribution >= 0.6 is 11.3 Å². The van der Waals surface area contributed by atoms with Gasteiger partial charge in [-0.15, -0.1) is 11.3 Å². The first kappa shape index (κ1) is 16.5. The normalized spacial score (nSPS) is 32.0. The summed E-state index contributed by atoms with van der Waals surface area (Å²) in [6.45, 7) is -0.0233. The molecule has 2 aromatic rings. The third-order valence-corrected chi connectivity index (χ3v) is 7.45. The molecule has 4 bridgehead atoms. The van der Waals surface area contributed by atoms with Gasteiger partial charge in [-0.05, 0) is 61.8 Å². The first-order chi connectivity index (χ1) is 12.6. The number of nitrogens with zero attached hydrogens (tertiary/aromatic N) is 1. The van der Waals surface area contributed by atoms with Gasteiger partial charge in [0.2, 0.25) is 0 Å². The highest BCUT2D eigenvalue weighted by Crippen LogP contribution is 2.55. The van der Waals surface area contributed by atoms with Gasteiger partial charge in [-0.25, -0.2) is 4.98 Å². The summed E-state index contributed by atoms with van der Waals surface area (Å²) in [7, 11) is 0. The van der Waals surface area contributed by atoms with Gasteiger partial charge >= 0.3 is 0 Å². The van der Waals surface area contributed by atoms with Crippen LogP contribution in [-0.2, 0) is 6.61 Å². The zero-order valence-electron chi connectivity index (χ0n) is 14.8. The number of amides is 1. The molecule has 1 aromatic carbocycles. The van der Waals surface area contributed by atoms with E-state index in [9.17, 15) is 9.90 Å². The lowest BCUT2D eigenvalue weighted by Crippen LogP contribution is -2.59. The molecule has 4 fully saturated rings. The Morgan fingerprint density at radius 2 is 1.81 bits per heavy atom. The van der Waals surface area contributed by atoms with Crippen LogP contribution in [0.25, 0.3) is 10.6 Å². The van der Waals surface area contributed by atoms with E-state index in [1.54, 1.807) is 0 Å². The van der Waals surface area contributed by atoms with Gasteiger partial charge in [0, 0.05) is 16.5 Å². The van der Waals surface area contributed by atoms with Crippen LogP contribution in [0, 0.1) is 17.8 Å². The van der Waals surface area contributed by atoms with E-state index in [-0.39, 0.29) is 18.1 Å². The molecule has 4 nitrogen and oxygen atoms in total. The van der Waals surface area contributed by atoms with E-state index >= 15 is 0 Å². The topological polar surface area (TPSA) is 62.2 Å². The molecule has 0 unspecified atom stereocenters. The minimum absolute atomic E-state index is 0.0125. The quantitative estimate of drug-likeness (QED) is 0.857. The minimum Gasteiger partial charge on any atom is -0.392 e. The molecule has 136 valence electrons. The first-order valence-electron chi connectivity index (χ1n) is 9.61. The van der Waals surface area contributed by atoms with E-state index in [4.69, 9.17) is 0 Å². The van der Waals surface area contributed by atoms with E-state index in [0.717, 1.165) is 53.2 Å². The molecule has 2 N–H and O–H groups in total. The number of hydrogen-bond acceptors (Lipinski definition) is 4. The molecule has 5 heteroatoms. The Kier molecular flexibility index (Phi) is 3.90. The maximum absolute atomic E-state index is 12.9. The number of carbonyl (C=O) groups excluding carboxylic acids is 1. The Labute approximate surface area is 157 Å². The highest BCUT2D eigenvalue weighted by Gasteiger charge is 2.51. The fourth-order valence-electron chi connectivity index (χ4n) is 5.94. The summed E-state index contributed by atoms with van der Waals surface area (Å²) in [5, 5.41) is 15.6. The van der Waals surface area contributed by atoms with Crippen LogP contribution in [0.3, 0.4) is 0 Å². The molecule has 0 atom stereocenters. The number of aliphatic hydroxyl groups is 1. The summed E-state index contributed by atoms with van der Waals surface area (Å²) in [5.74, 6) is 2.40. The predicted molar refractivity (Wildman–Crippen MR) is 102 cm³/mol. The van der Waals surface area contributed by atoms with Gasteiger partial charge in [0.25, 0.3) is 5.91 Å². The van der Waals surface area contributed by atoms with Crippen LogP contribution < -0.4 is 5.32 Å². The molecule has 1 amide bonds. The van der Waals surface area contributed by atoms with Crippen molar-refractivity contribution >= 4 is 17.2 Å². The average Bonchev–Trinajstić information content (AvgIpc) is 3.10. The summed E-state index contributed by atoms with van der Waals surface area (Å²) >= 11 is 1.47. The molecule has 4 aliphatic carbocycles. The Morgan fingerprint density at radius 3 is 2.46 bits per heavy atom. The molecule has 4 saturated carbocycles. The summed E-state index contributed by atoms with van der Waals surface area (Å²) in [5.41, 5.74) is 2.27. The second-order valence-electron chi connectivity index (χ2n) is 8.51. The lowest BCUT2D eigenvalue weighted by molar-refractivity contribution is -0.0167. The van der Waals surface area contributed by atoms with Gasteiger partial charge in [-0.3, -0.25) is 4.79 Å². The highest BCUT2D eigenvalue weighted by molar-refractivity contribution is 7.13. The average molecular weight is 369 g/mol. The molecule has 0 spiro atoms. The van der Waals surface area contributed by atoms with E-state index < -0.39 is 0 Å². The van der Waals surface area contributed by atoms with Gasteiger partial charge < -0.3 is 10.4 Å². The number of carbonyl (C=O) groups is 1. The number of benzene rings is 1. The van der Waals surface area contributed by atoms with E-state index in [1.807, 2.05) is 29.6 Å². The number of hydrogen-bond donors (Lipinski definition) is 2. The third kappa shape index (κ3) is 2.78. The smallest absolute Gasteiger partial charge is 0.271 e. The van der Waals surface area contributed by atoms with Gasteiger partial charge in [0.1, 0.15) is 10.7 Å². The minimum atomic E-state index is -0.0315. The van der Waals surface area contributed by atoms with Crippen LogP contribution in [0.4, 0.5) is 0 Å². The van der Waals surface area contributed by atoms with Crippen molar-refractivity contribution in [2.75, 3.05) is 0 Å². The van der Waals surface area contributed by atoms with E-state index in [0.29, 0.717) is 5.69 Å². The van der Waals surface area contributed by atoms with Crippen molar-refractivity contribution in [1.82, 2.24) is 10.3 Å². The summed E-state index contributed by atoms with van der Waals surface area (Å²) < 4.78 is 0. The Bertz CT molecular complexity index is 809. The molecule has 6 rings (SSSR count). The fraction of sp³-hybridized carbons (Fsp3) is 0.524. The molecule has 1 heterocycles. The van der Waals surface area contributed by atoms with Crippen LogP contribution in [0.5, 0.6) is 0 Å². The van der Waals surface area contributed by atoms with Gasteiger partial charge in [0.05, 0.1) is 6.61 Å². The number of aromatic nitrogens is 1. The molecule has 0 radical (unpaired) electrons. The van der Waals surface area contributed by atoms with Gasteiger partial charge in [-0.1, -0.05) is 24.3 Å². The first-order valence-corrected chi connectivity index (χ1v) is 10.5. The van der Waals surface area contributed by atoms with Crippen molar-refractivity contribution in [1.29, 1.82) is 0 Å².